The summed E-state index contributed by atoms with van der Waals surface area (Å²) in [5.41, 5.74) is 3.10. The first-order valence-corrected chi connectivity index (χ1v) is 9.30. The minimum Gasteiger partial charge on any atom is -0.453 e. The Kier molecular flexibility index (Phi) is 5.15. The molecule has 2 aromatic rings. The predicted molar refractivity (Wildman–Crippen MR) is 100 cm³/mol. The number of hydrogen-bond acceptors (Lipinski definition) is 6. The number of carbonyl (C=O) groups is 2. The van der Waals surface area contributed by atoms with E-state index in [0.717, 1.165) is 11.1 Å². The summed E-state index contributed by atoms with van der Waals surface area (Å²) in [6.07, 6.45) is -1.93. The highest BCUT2D eigenvalue weighted by Crippen LogP contribution is 2.31. The molecule has 146 valence electrons. The van der Waals surface area contributed by atoms with Crippen LogP contribution in [0.15, 0.2) is 48.5 Å². The molecular formula is C22H22O6. The van der Waals surface area contributed by atoms with Gasteiger partial charge in [0.25, 0.3) is 0 Å². The maximum Gasteiger partial charge on any atom is 0.338 e. The third-order valence-corrected chi connectivity index (χ3v) is 5.05. The minimum absolute atomic E-state index is 0.214. The normalized spacial score (nSPS) is 25.9. The van der Waals surface area contributed by atoms with Crippen molar-refractivity contribution in [1.82, 2.24) is 0 Å². The molecule has 28 heavy (non-hydrogen) atoms. The summed E-state index contributed by atoms with van der Waals surface area (Å²) < 4.78 is 22.6. The number of hydrogen-bond donors (Lipinski definition) is 0. The number of carbonyl (C=O) groups excluding carboxylic acids is 2. The maximum absolute atomic E-state index is 12.4. The van der Waals surface area contributed by atoms with E-state index < -0.39 is 36.4 Å². The Morgan fingerprint density at radius 1 is 0.714 bits per heavy atom. The average molecular weight is 382 g/mol. The van der Waals surface area contributed by atoms with E-state index in [9.17, 15) is 9.59 Å². The van der Waals surface area contributed by atoms with Crippen molar-refractivity contribution in [3.05, 3.63) is 70.8 Å². The molecule has 0 aliphatic carbocycles. The summed E-state index contributed by atoms with van der Waals surface area (Å²) in [4.78, 5) is 24.7. The van der Waals surface area contributed by atoms with E-state index in [2.05, 4.69) is 0 Å². The summed E-state index contributed by atoms with van der Waals surface area (Å²) >= 11 is 0. The van der Waals surface area contributed by atoms with Crippen molar-refractivity contribution in [2.24, 2.45) is 0 Å². The van der Waals surface area contributed by atoms with Crippen LogP contribution < -0.4 is 0 Å². The van der Waals surface area contributed by atoms with Gasteiger partial charge in [-0.3, -0.25) is 0 Å². The van der Waals surface area contributed by atoms with Crippen LogP contribution in [0.3, 0.4) is 0 Å². The molecule has 0 bridgehead atoms. The second-order valence-electron chi connectivity index (χ2n) is 7.22. The molecule has 0 amide bonds. The van der Waals surface area contributed by atoms with Crippen molar-refractivity contribution >= 4 is 11.9 Å². The Morgan fingerprint density at radius 3 is 1.43 bits per heavy atom. The molecule has 2 fully saturated rings. The van der Waals surface area contributed by atoms with E-state index in [-0.39, 0.29) is 13.2 Å². The number of esters is 2. The van der Waals surface area contributed by atoms with Crippen LogP contribution in [0.1, 0.15) is 31.8 Å². The van der Waals surface area contributed by atoms with Crippen molar-refractivity contribution in [2.75, 3.05) is 13.2 Å². The molecule has 2 heterocycles. The predicted octanol–water partition coefficient (Wildman–Crippen LogP) is 2.85. The fourth-order valence-corrected chi connectivity index (χ4v) is 3.42. The third kappa shape index (κ3) is 3.79. The number of aryl methyl sites for hydroxylation is 2. The van der Waals surface area contributed by atoms with Crippen LogP contribution in [-0.2, 0) is 18.9 Å². The van der Waals surface area contributed by atoms with E-state index in [4.69, 9.17) is 18.9 Å². The van der Waals surface area contributed by atoms with Crippen LogP contribution in [-0.4, -0.2) is 49.6 Å². The van der Waals surface area contributed by atoms with Gasteiger partial charge >= 0.3 is 11.9 Å². The molecule has 2 aromatic carbocycles. The first-order chi connectivity index (χ1) is 13.5. The highest BCUT2D eigenvalue weighted by molar-refractivity contribution is 5.90. The van der Waals surface area contributed by atoms with E-state index in [0.29, 0.717) is 11.1 Å². The van der Waals surface area contributed by atoms with Crippen LogP contribution in [0.5, 0.6) is 0 Å². The second-order valence-corrected chi connectivity index (χ2v) is 7.22. The first-order valence-electron chi connectivity index (χ1n) is 9.30. The van der Waals surface area contributed by atoms with Crippen LogP contribution in [0, 0.1) is 13.8 Å². The van der Waals surface area contributed by atoms with Crippen LogP contribution >= 0.6 is 0 Å². The number of ether oxygens (including phenoxy) is 4. The lowest BCUT2D eigenvalue weighted by molar-refractivity contribution is -0.0287. The lowest BCUT2D eigenvalue weighted by Gasteiger charge is -2.17. The monoisotopic (exact) mass is 382 g/mol. The number of fused-ring (bicyclic) bond motifs is 1. The number of rotatable bonds is 4. The van der Waals surface area contributed by atoms with Gasteiger partial charge in [-0.15, -0.1) is 0 Å². The van der Waals surface area contributed by atoms with E-state index >= 15 is 0 Å². The van der Waals surface area contributed by atoms with Gasteiger partial charge in [-0.1, -0.05) is 35.4 Å². The standard InChI is InChI=1S/C22H22O6/c1-13-3-7-15(8-4-13)21(23)27-17-11-25-20-18(12-26-19(17)20)28-22(24)16-9-5-14(2)6-10-16/h3-10,17-20H,11-12H2,1-2H3/t17-,18-,19?,20?/m1/s1. The molecule has 0 saturated carbocycles. The topological polar surface area (TPSA) is 71.1 Å². The molecule has 6 nitrogen and oxygen atoms in total. The van der Waals surface area contributed by atoms with Crippen molar-refractivity contribution in [2.45, 2.75) is 38.3 Å². The molecular weight excluding hydrogens is 360 g/mol. The molecule has 6 heteroatoms. The van der Waals surface area contributed by atoms with Crippen LogP contribution in [0.4, 0.5) is 0 Å². The summed E-state index contributed by atoms with van der Waals surface area (Å²) in [6, 6.07) is 14.3. The zero-order valence-electron chi connectivity index (χ0n) is 15.8. The molecule has 4 atom stereocenters. The summed E-state index contributed by atoms with van der Waals surface area (Å²) in [6.45, 7) is 4.33. The van der Waals surface area contributed by atoms with Crippen molar-refractivity contribution in [3.8, 4) is 0 Å². The van der Waals surface area contributed by atoms with Crippen molar-refractivity contribution in [1.29, 1.82) is 0 Å². The molecule has 0 radical (unpaired) electrons. The van der Waals surface area contributed by atoms with Gasteiger partial charge in [0.15, 0.2) is 12.2 Å². The fourth-order valence-electron chi connectivity index (χ4n) is 3.42. The third-order valence-electron chi connectivity index (χ3n) is 5.05. The van der Waals surface area contributed by atoms with E-state index in [1.807, 2.05) is 38.1 Å². The molecule has 0 spiro atoms. The lowest BCUT2D eigenvalue weighted by Crippen LogP contribution is -2.36. The van der Waals surface area contributed by atoms with E-state index in [1.165, 1.54) is 0 Å². The Labute approximate surface area is 163 Å². The van der Waals surface area contributed by atoms with Gasteiger partial charge in [0.1, 0.15) is 12.2 Å². The van der Waals surface area contributed by atoms with Crippen LogP contribution in [0.2, 0.25) is 0 Å². The zero-order valence-corrected chi connectivity index (χ0v) is 15.8. The molecule has 2 unspecified atom stereocenters. The summed E-state index contributed by atoms with van der Waals surface area (Å²) in [5.74, 6) is -0.837. The first kappa shape index (κ1) is 18.7. The molecule has 0 aromatic heterocycles. The van der Waals surface area contributed by atoms with Crippen molar-refractivity contribution < 1.29 is 28.5 Å². The van der Waals surface area contributed by atoms with Gasteiger partial charge in [0.05, 0.1) is 24.3 Å². The molecule has 4 rings (SSSR count). The summed E-state index contributed by atoms with van der Waals surface area (Å²) in [5, 5.41) is 0. The number of benzene rings is 2. The minimum atomic E-state index is -0.526. The molecule has 2 saturated heterocycles. The van der Waals surface area contributed by atoms with Gasteiger partial charge in [0.2, 0.25) is 0 Å². The SMILES string of the molecule is Cc1ccc(C(=O)O[C@@H]2COC3C2OC[C@H]3OC(=O)c2ccc(C)cc2)cc1. The van der Waals surface area contributed by atoms with Gasteiger partial charge in [-0.05, 0) is 38.1 Å². The molecule has 0 N–H and O–H groups in total. The second kappa shape index (κ2) is 7.73. The Balaban J connectivity index is 1.36. The highest BCUT2D eigenvalue weighted by atomic mass is 16.7. The van der Waals surface area contributed by atoms with Gasteiger partial charge < -0.3 is 18.9 Å². The van der Waals surface area contributed by atoms with Crippen molar-refractivity contribution in [3.63, 3.8) is 0 Å². The highest BCUT2D eigenvalue weighted by Gasteiger charge is 2.51. The molecule has 2 aliphatic rings. The maximum atomic E-state index is 12.4. The summed E-state index contributed by atoms with van der Waals surface area (Å²) in [7, 11) is 0. The fraction of sp³-hybridized carbons (Fsp3) is 0.364. The van der Waals surface area contributed by atoms with Gasteiger partial charge in [-0.25, -0.2) is 9.59 Å². The Hall–Kier alpha value is -2.70. The largest absolute Gasteiger partial charge is 0.453 e. The quantitative estimate of drug-likeness (QED) is 0.758. The average Bonchev–Trinajstić information content (AvgIpc) is 3.26. The van der Waals surface area contributed by atoms with Gasteiger partial charge in [0, 0.05) is 0 Å². The Bertz CT molecular complexity index is 784. The lowest BCUT2D eigenvalue weighted by atomic mass is 10.1. The molecule has 2 aliphatic heterocycles. The van der Waals surface area contributed by atoms with E-state index in [1.54, 1.807) is 24.3 Å². The smallest absolute Gasteiger partial charge is 0.338 e. The van der Waals surface area contributed by atoms with Crippen LogP contribution in [0.25, 0.3) is 0 Å². The van der Waals surface area contributed by atoms with Gasteiger partial charge in [-0.2, -0.15) is 0 Å². The zero-order chi connectivity index (χ0) is 19.7. The Morgan fingerprint density at radius 2 is 1.07 bits per heavy atom.